The van der Waals surface area contributed by atoms with Gasteiger partial charge in [-0.1, -0.05) is 30.3 Å². The van der Waals surface area contributed by atoms with Crippen LogP contribution in [0.5, 0.6) is 17.2 Å². The third kappa shape index (κ3) is 3.90. The predicted molar refractivity (Wildman–Crippen MR) is 115 cm³/mol. The van der Waals surface area contributed by atoms with E-state index in [0.717, 1.165) is 12.1 Å². The summed E-state index contributed by atoms with van der Waals surface area (Å²) in [6.45, 7) is 0. The van der Waals surface area contributed by atoms with Gasteiger partial charge in [-0.05, 0) is 17.7 Å². The van der Waals surface area contributed by atoms with Crippen LogP contribution in [0, 0.1) is 5.82 Å². The van der Waals surface area contributed by atoms with E-state index in [4.69, 9.17) is 18.1 Å². The monoisotopic (exact) mass is 456 g/mol. The number of hydrogen-bond acceptors (Lipinski definition) is 7. The van der Waals surface area contributed by atoms with Crippen molar-refractivity contribution in [1.29, 1.82) is 0 Å². The highest BCUT2D eigenvalue weighted by molar-refractivity contribution is 7.87. The standard InChI is InChI=1S/C23H17FO7S/c1-28-20-11-18(24)22(12-21(20)29-2)32(26,27)31-15-8-9-16-19(10-15)30-13-17(23(16)25)14-6-4-3-5-7-14/h3-13H,1-2H3. The molecule has 0 aliphatic rings. The highest BCUT2D eigenvalue weighted by Gasteiger charge is 2.25. The molecular weight excluding hydrogens is 439 g/mol. The minimum atomic E-state index is -4.56. The topological polar surface area (TPSA) is 92.0 Å². The molecule has 32 heavy (non-hydrogen) atoms. The summed E-state index contributed by atoms with van der Waals surface area (Å²) in [4.78, 5) is 12.1. The SMILES string of the molecule is COc1cc(F)c(S(=O)(=O)Oc2ccc3c(=O)c(-c4ccccc4)coc3c2)cc1OC. The van der Waals surface area contributed by atoms with Gasteiger partial charge in [0.05, 0.1) is 25.2 Å². The number of halogens is 1. The molecule has 164 valence electrons. The number of methoxy groups -OCH3 is 2. The molecule has 0 unspecified atom stereocenters. The van der Waals surface area contributed by atoms with Crippen LogP contribution in [0.4, 0.5) is 4.39 Å². The molecule has 9 heteroatoms. The molecule has 0 spiro atoms. The molecule has 7 nitrogen and oxygen atoms in total. The number of ether oxygens (including phenoxy) is 2. The van der Waals surface area contributed by atoms with Crippen LogP contribution in [0.2, 0.25) is 0 Å². The van der Waals surface area contributed by atoms with Gasteiger partial charge < -0.3 is 18.1 Å². The second-order valence-corrected chi connectivity index (χ2v) is 8.19. The van der Waals surface area contributed by atoms with Gasteiger partial charge in [0.1, 0.15) is 28.3 Å². The fraction of sp³-hybridized carbons (Fsp3) is 0.0870. The Bertz CT molecular complexity index is 1460. The number of benzene rings is 3. The summed E-state index contributed by atoms with van der Waals surface area (Å²) in [5.74, 6) is -1.16. The van der Waals surface area contributed by atoms with Gasteiger partial charge in [0.15, 0.2) is 16.9 Å². The highest BCUT2D eigenvalue weighted by atomic mass is 32.2. The molecular formula is C23H17FO7S. The Labute approximate surface area is 182 Å². The van der Waals surface area contributed by atoms with Crippen molar-refractivity contribution in [1.82, 2.24) is 0 Å². The van der Waals surface area contributed by atoms with Crippen molar-refractivity contribution >= 4 is 21.1 Å². The Morgan fingerprint density at radius 1 is 0.906 bits per heavy atom. The summed E-state index contributed by atoms with van der Waals surface area (Å²) >= 11 is 0. The zero-order chi connectivity index (χ0) is 22.9. The molecule has 0 bridgehead atoms. The van der Waals surface area contributed by atoms with E-state index in [1.54, 1.807) is 24.3 Å². The lowest BCUT2D eigenvalue weighted by molar-refractivity contribution is 0.349. The molecule has 4 aromatic rings. The summed E-state index contributed by atoms with van der Waals surface area (Å²) < 4.78 is 60.4. The summed E-state index contributed by atoms with van der Waals surface area (Å²) in [6.07, 6.45) is 1.30. The smallest absolute Gasteiger partial charge is 0.342 e. The Morgan fingerprint density at radius 2 is 1.59 bits per heavy atom. The number of fused-ring (bicyclic) bond motifs is 1. The van der Waals surface area contributed by atoms with Crippen molar-refractivity contribution in [2.75, 3.05) is 14.2 Å². The summed E-state index contributed by atoms with van der Waals surface area (Å²) in [7, 11) is -1.97. The molecule has 0 radical (unpaired) electrons. The van der Waals surface area contributed by atoms with E-state index in [9.17, 15) is 17.6 Å². The largest absolute Gasteiger partial charge is 0.493 e. The Morgan fingerprint density at radius 3 is 2.28 bits per heavy atom. The zero-order valence-electron chi connectivity index (χ0n) is 17.0. The molecule has 1 heterocycles. The fourth-order valence-electron chi connectivity index (χ4n) is 3.18. The van der Waals surface area contributed by atoms with Crippen LogP contribution in [-0.2, 0) is 10.1 Å². The lowest BCUT2D eigenvalue weighted by Gasteiger charge is -2.12. The van der Waals surface area contributed by atoms with Gasteiger partial charge in [0, 0.05) is 18.2 Å². The summed E-state index contributed by atoms with van der Waals surface area (Å²) in [5.41, 5.74) is 0.898. The Kier molecular flexibility index (Phi) is 5.58. The fourth-order valence-corrected chi connectivity index (χ4v) is 4.17. The molecule has 0 aliphatic heterocycles. The van der Waals surface area contributed by atoms with Gasteiger partial charge in [-0.15, -0.1) is 0 Å². The van der Waals surface area contributed by atoms with Crippen LogP contribution >= 0.6 is 0 Å². The van der Waals surface area contributed by atoms with E-state index in [1.165, 1.54) is 38.7 Å². The first-order valence-corrected chi connectivity index (χ1v) is 10.7. The van der Waals surface area contributed by atoms with Crippen LogP contribution in [0.1, 0.15) is 0 Å². The molecule has 4 rings (SSSR count). The van der Waals surface area contributed by atoms with Gasteiger partial charge in [-0.2, -0.15) is 8.42 Å². The third-order valence-electron chi connectivity index (χ3n) is 4.74. The lowest BCUT2D eigenvalue weighted by atomic mass is 10.1. The minimum Gasteiger partial charge on any atom is -0.493 e. The van der Waals surface area contributed by atoms with Crippen molar-refractivity contribution in [3.05, 3.63) is 83.0 Å². The second-order valence-electron chi connectivity index (χ2n) is 6.68. The van der Waals surface area contributed by atoms with E-state index in [0.29, 0.717) is 11.1 Å². The average molecular weight is 456 g/mol. The molecule has 0 aliphatic carbocycles. The third-order valence-corrected chi connectivity index (χ3v) is 6.01. The second kappa shape index (κ2) is 8.35. The molecule has 1 aromatic heterocycles. The van der Waals surface area contributed by atoms with E-state index >= 15 is 0 Å². The highest BCUT2D eigenvalue weighted by Crippen LogP contribution is 2.33. The van der Waals surface area contributed by atoms with Gasteiger partial charge in [0.2, 0.25) is 0 Å². The first-order chi connectivity index (χ1) is 15.3. The Balaban J connectivity index is 1.71. The first-order valence-electron chi connectivity index (χ1n) is 9.31. The van der Waals surface area contributed by atoms with Crippen molar-refractivity contribution in [3.8, 4) is 28.4 Å². The van der Waals surface area contributed by atoms with E-state index in [2.05, 4.69) is 0 Å². The first kappa shape index (κ1) is 21.4. The van der Waals surface area contributed by atoms with Crippen LogP contribution in [-0.4, -0.2) is 22.6 Å². The molecule has 0 saturated carbocycles. The molecule has 0 saturated heterocycles. The van der Waals surface area contributed by atoms with Gasteiger partial charge in [0.25, 0.3) is 0 Å². The zero-order valence-corrected chi connectivity index (χ0v) is 17.8. The molecule has 0 amide bonds. The maximum atomic E-state index is 14.4. The van der Waals surface area contributed by atoms with Crippen molar-refractivity contribution in [2.24, 2.45) is 0 Å². The van der Waals surface area contributed by atoms with E-state index < -0.39 is 20.8 Å². The lowest BCUT2D eigenvalue weighted by Crippen LogP contribution is -2.12. The van der Waals surface area contributed by atoms with Crippen molar-refractivity contribution in [3.63, 3.8) is 0 Å². The molecule has 0 fully saturated rings. The van der Waals surface area contributed by atoms with Gasteiger partial charge >= 0.3 is 10.1 Å². The van der Waals surface area contributed by atoms with Crippen molar-refractivity contribution in [2.45, 2.75) is 4.90 Å². The Hall–Kier alpha value is -3.85. The maximum absolute atomic E-state index is 14.4. The summed E-state index contributed by atoms with van der Waals surface area (Å²) in [6, 6.07) is 14.8. The minimum absolute atomic E-state index is 0.0222. The maximum Gasteiger partial charge on any atom is 0.342 e. The van der Waals surface area contributed by atoms with Gasteiger partial charge in [-0.3, -0.25) is 4.79 Å². The summed E-state index contributed by atoms with van der Waals surface area (Å²) in [5, 5.41) is 0.244. The molecule has 0 atom stereocenters. The van der Waals surface area contributed by atoms with E-state index in [-0.39, 0.29) is 33.6 Å². The normalized spacial score (nSPS) is 11.3. The quantitative estimate of drug-likeness (QED) is 0.398. The number of hydrogen-bond donors (Lipinski definition) is 0. The van der Waals surface area contributed by atoms with Crippen LogP contribution in [0.3, 0.4) is 0 Å². The van der Waals surface area contributed by atoms with Crippen LogP contribution in [0.25, 0.3) is 22.1 Å². The molecule has 0 N–H and O–H groups in total. The van der Waals surface area contributed by atoms with Gasteiger partial charge in [-0.25, -0.2) is 4.39 Å². The van der Waals surface area contributed by atoms with Crippen LogP contribution < -0.4 is 19.1 Å². The predicted octanol–water partition coefficient (Wildman–Crippen LogP) is 4.38. The van der Waals surface area contributed by atoms with E-state index in [1.807, 2.05) is 6.07 Å². The average Bonchev–Trinajstić information content (AvgIpc) is 2.79. The van der Waals surface area contributed by atoms with Crippen LogP contribution in [0.15, 0.2) is 81.0 Å². The number of rotatable bonds is 6. The van der Waals surface area contributed by atoms with Crippen molar-refractivity contribution < 1.29 is 30.9 Å². The molecule has 3 aromatic carbocycles.